The van der Waals surface area contributed by atoms with Crippen LogP contribution in [0.25, 0.3) is 32.3 Å². The van der Waals surface area contributed by atoms with Crippen LogP contribution in [-0.2, 0) is 0 Å². The molecule has 118 valence electrons. The van der Waals surface area contributed by atoms with Crippen molar-refractivity contribution in [3.63, 3.8) is 0 Å². The van der Waals surface area contributed by atoms with Crippen LogP contribution in [0, 0.1) is 0 Å². The summed E-state index contributed by atoms with van der Waals surface area (Å²) in [5.41, 5.74) is 1.22. The first-order valence-corrected chi connectivity index (χ1v) is 8.61. The first-order chi connectivity index (χ1) is 11.7. The van der Waals surface area contributed by atoms with Gasteiger partial charge in [0.05, 0.1) is 11.8 Å². The van der Waals surface area contributed by atoms with Crippen molar-refractivity contribution in [3.05, 3.63) is 59.7 Å². The molecule has 0 aliphatic rings. The summed E-state index contributed by atoms with van der Waals surface area (Å²) in [6.45, 7) is 0. The third-order valence-corrected chi connectivity index (χ3v) is 4.99. The van der Waals surface area contributed by atoms with Crippen LogP contribution >= 0.6 is 23.2 Å². The zero-order chi connectivity index (χ0) is 16.8. The van der Waals surface area contributed by atoms with Crippen LogP contribution in [0.15, 0.2) is 48.5 Å². The molecule has 0 fully saturated rings. The Morgan fingerprint density at radius 2 is 1.00 bits per heavy atom. The van der Waals surface area contributed by atoms with Gasteiger partial charge in [0, 0.05) is 11.1 Å². The van der Waals surface area contributed by atoms with Crippen LogP contribution in [0.1, 0.15) is 20.7 Å². The zero-order valence-electron chi connectivity index (χ0n) is 12.6. The fourth-order valence-electron chi connectivity index (χ4n) is 3.43. The Labute approximate surface area is 148 Å². The SMILES string of the molecule is O=C(CCl)c1ccc2ccc3ccc(C(=O)CCl)c4ccc1c2c34. The molecular weight excluding hydrogens is 343 g/mol. The van der Waals surface area contributed by atoms with Crippen molar-refractivity contribution in [2.45, 2.75) is 0 Å². The monoisotopic (exact) mass is 354 g/mol. The molecule has 4 aromatic rings. The molecule has 0 spiro atoms. The number of rotatable bonds is 4. The quantitative estimate of drug-likeness (QED) is 0.278. The summed E-state index contributed by atoms with van der Waals surface area (Å²) in [5.74, 6) is -0.321. The lowest BCUT2D eigenvalue weighted by molar-refractivity contribution is 0.101. The normalized spacial score (nSPS) is 11.6. The maximum Gasteiger partial charge on any atom is 0.178 e. The summed E-state index contributed by atoms with van der Waals surface area (Å²) in [5, 5.41) is 5.78. The molecule has 24 heavy (non-hydrogen) atoms. The Morgan fingerprint density at radius 1 is 0.625 bits per heavy atom. The van der Waals surface area contributed by atoms with Gasteiger partial charge in [-0.25, -0.2) is 0 Å². The number of benzene rings is 4. The minimum Gasteiger partial charge on any atom is -0.293 e. The van der Waals surface area contributed by atoms with Gasteiger partial charge in [0.1, 0.15) is 0 Å². The molecule has 0 bridgehead atoms. The highest BCUT2D eigenvalue weighted by atomic mass is 35.5. The Bertz CT molecular complexity index is 1030. The highest BCUT2D eigenvalue weighted by Crippen LogP contribution is 2.37. The number of halogens is 2. The molecule has 4 heteroatoms. The summed E-state index contributed by atoms with van der Waals surface area (Å²) < 4.78 is 0. The second-order valence-corrected chi connectivity index (χ2v) is 6.30. The van der Waals surface area contributed by atoms with E-state index in [9.17, 15) is 9.59 Å². The number of hydrogen-bond acceptors (Lipinski definition) is 2. The molecule has 0 atom stereocenters. The topological polar surface area (TPSA) is 34.1 Å². The number of ketones is 2. The van der Waals surface area contributed by atoms with Crippen LogP contribution < -0.4 is 0 Å². The van der Waals surface area contributed by atoms with E-state index in [1.165, 1.54) is 0 Å². The maximum absolute atomic E-state index is 12.2. The van der Waals surface area contributed by atoms with Gasteiger partial charge >= 0.3 is 0 Å². The number of alkyl halides is 2. The minimum absolute atomic E-state index is 0.0556. The lowest BCUT2D eigenvalue weighted by Crippen LogP contribution is -2.04. The van der Waals surface area contributed by atoms with Crippen molar-refractivity contribution in [1.82, 2.24) is 0 Å². The lowest BCUT2D eigenvalue weighted by Gasteiger charge is -2.14. The summed E-state index contributed by atoms with van der Waals surface area (Å²) in [4.78, 5) is 24.4. The fraction of sp³-hybridized carbons (Fsp3) is 0.100. The third kappa shape index (κ3) is 2.10. The fourth-order valence-corrected chi connectivity index (χ4v) is 3.72. The van der Waals surface area contributed by atoms with Gasteiger partial charge in [0.15, 0.2) is 11.6 Å². The molecule has 0 amide bonds. The Morgan fingerprint density at radius 3 is 1.38 bits per heavy atom. The molecule has 0 aliphatic heterocycles. The van der Waals surface area contributed by atoms with Crippen LogP contribution in [0.4, 0.5) is 0 Å². The molecule has 0 N–H and O–H groups in total. The van der Waals surface area contributed by atoms with E-state index in [2.05, 4.69) is 0 Å². The van der Waals surface area contributed by atoms with E-state index in [1.54, 1.807) is 0 Å². The average molecular weight is 355 g/mol. The molecular formula is C20H12Cl2O2. The molecule has 0 saturated heterocycles. The Hall–Kier alpha value is -2.16. The van der Waals surface area contributed by atoms with E-state index >= 15 is 0 Å². The molecule has 0 radical (unpaired) electrons. The van der Waals surface area contributed by atoms with Crippen molar-refractivity contribution in [2.75, 3.05) is 11.8 Å². The highest BCUT2D eigenvalue weighted by Gasteiger charge is 2.17. The molecule has 0 saturated carbocycles. The summed E-state index contributed by atoms with van der Waals surface area (Å²) in [7, 11) is 0. The van der Waals surface area contributed by atoms with Gasteiger partial charge < -0.3 is 0 Å². The summed E-state index contributed by atoms with van der Waals surface area (Å²) in [6.07, 6.45) is 0. The summed E-state index contributed by atoms with van der Waals surface area (Å²) >= 11 is 11.5. The van der Waals surface area contributed by atoms with Gasteiger partial charge in [0.25, 0.3) is 0 Å². The predicted octanol–water partition coefficient (Wildman–Crippen LogP) is 5.43. The van der Waals surface area contributed by atoms with Crippen molar-refractivity contribution < 1.29 is 9.59 Å². The van der Waals surface area contributed by atoms with Gasteiger partial charge in [0.2, 0.25) is 0 Å². The van der Waals surface area contributed by atoms with Crippen molar-refractivity contribution >= 4 is 67.1 Å². The maximum atomic E-state index is 12.2. The molecule has 4 rings (SSSR count). The van der Waals surface area contributed by atoms with E-state index in [1.807, 2.05) is 48.5 Å². The minimum atomic E-state index is -0.105. The zero-order valence-corrected chi connectivity index (χ0v) is 14.1. The predicted molar refractivity (Wildman–Crippen MR) is 100 cm³/mol. The van der Waals surface area contributed by atoms with Crippen LogP contribution in [0.2, 0.25) is 0 Å². The lowest BCUT2D eigenvalue weighted by atomic mass is 9.89. The summed E-state index contributed by atoms with van der Waals surface area (Å²) in [6, 6.07) is 15.3. The van der Waals surface area contributed by atoms with E-state index in [4.69, 9.17) is 23.2 Å². The first kappa shape index (κ1) is 15.4. The molecule has 0 unspecified atom stereocenters. The van der Waals surface area contributed by atoms with Gasteiger partial charge in [-0.15, -0.1) is 23.2 Å². The number of Topliss-reactive ketones (excluding diaryl/α,β-unsaturated/α-hetero) is 2. The number of carbonyl (C=O) groups is 2. The van der Waals surface area contributed by atoms with E-state index in [0.29, 0.717) is 11.1 Å². The number of hydrogen-bond donors (Lipinski definition) is 0. The number of carbonyl (C=O) groups excluding carboxylic acids is 2. The second kappa shape index (κ2) is 5.73. The molecule has 4 aromatic carbocycles. The second-order valence-electron chi connectivity index (χ2n) is 5.76. The van der Waals surface area contributed by atoms with Gasteiger partial charge in [-0.05, 0) is 32.3 Å². The van der Waals surface area contributed by atoms with Crippen LogP contribution in [0.5, 0.6) is 0 Å². The Balaban J connectivity index is 2.21. The molecule has 0 aromatic heterocycles. The van der Waals surface area contributed by atoms with Crippen molar-refractivity contribution in [2.24, 2.45) is 0 Å². The van der Waals surface area contributed by atoms with E-state index in [0.717, 1.165) is 32.3 Å². The van der Waals surface area contributed by atoms with E-state index < -0.39 is 0 Å². The van der Waals surface area contributed by atoms with E-state index in [-0.39, 0.29) is 23.3 Å². The van der Waals surface area contributed by atoms with Crippen molar-refractivity contribution in [1.29, 1.82) is 0 Å². The van der Waals surface area contributed by atoms with Crippen LogP contribution in [-0.4, -0.2) is 23.3 Å². The molecule has 2 nitrogen and oxygen atoms in total. The highest BCUT2D eigenvalue weighted by molar-refractivity contribution is 6.36. The molecule has 0 aliphatic carbocycles. The molecule has 0 heterocycles. The van der Waals surface area contributed by atoms with Gasteiger partial charge in [-0.3, -0.25) is 9.59 Å². The standard InChI is InChI=1S/C20H12Cl2O2/c21-9-17(23)13-5-3-11-1-2-12-4-6-14(18(24)10-22)16-8-7-15(13)19(11)20(12)16/h1-8H,9-10H2. The third-order valence-electron chi connectivity index (χ3n) is 4.51. The van der Waals surface area contributed by atoms with Crippen molar-refractivity contribution in [3.8, 4) is 0 Å². The van der Waals surface area contributed by atoms with Gasteiger partial charge in [-0.1, -0.05) is 48.5 Å². The Kier molecular flexibility index (Phi) is 3.67. The van der Waals surface area contributed by atoms with Gasteiger partial charge in [-0.2, -0.15) is 0 Å². The smallest absolute Gasteiger partial charge is 0.178 e. The van der Waals surface area contributed by atoms with Crippen LogP contribution in [0.3, 0.4) is 0 Å². The average Bonchev–Trinajstić information content (AvgIpc) is 2.64. The largest absolute Gasteiger partial charge is 0.293 e. The first-order valence-electron chi connectivity index (χ1n) is 7.54.